The number of methoxy groups -OCH3 is 1. The molecular formula is C22H29F3N2O6S2. The standard InChI is InChI=1S/C22H29F3N2O6S2/c1-20(2,34(5,28)29)19-12-17(27(26-19)14-32-4)18-13-21(3,9-10-33-18)35(30,31)16-8-6-7-15(11-16)22(23,24)25/h6-8,11-12,18H,9-10,13-14H2,1-5H3. The van der Waals surface area contributed by atoms with E-state index in [9.17, 15) is 30.0 Å². The normalized spacial score (nSPS) is 22.3. The highest BCUT2D eigenvalue weighted by molar-refractivity contribution is 7.92. The number of aromatic nitrogens is 2. The SMILES string of the molecule is COCn1nc(C(C)(C)S(C)(=O)=O)cc1C1CC(C)(S(=O)(=O)c2cccc(C(F)(F)F)c2)CCO1. The van der Waals surface area contributed by atoms with E-state index in [1.165, 1.54) is 32.6 Å². The molecule has 1 saturated heterocycles. The van der Waals surface area contributed by atoms with Crippen LogP contribution in [0.4, 0.5) is 13.2 Å². The van der Waals surface area contributed by atoms with Crippen molar-refractivity contribution in [2.75, 3.05) is 20.0 Å². The summed E-state index contributed by atoms with van der Waals surface area (Å²) in [5, 5.41) is 4.38. The van der Waals surface area contributed by atoms with Crippen LogP contribution in [0.3, 0.4) is 0 Å². The summed E-state index contributed by atoms with van der Waals surface area (Å²) in [6.45, 7) is 4.50. The van der Waals surface area contributed by atoms with E-state index >= 15 is 0 Å². The molecule has 0 amide bonds. The Morgan fingerprint density at radius 2 is 1.86 bits per heavy atom. The molecule has 0 bridgehead atoms. The van der Waals surface area contributed by atoms with E-state index in [4.69, 9.17) is 9.47 Å². The fourth-order valence-corrected chi connectivity index (χ4v) is 6.24. The molecule has 0 aliphatic carbocycles. The molecule has 0 radical (unpaired) electrons. The highest BCUT2D eigenvalue weighted by Gasteiger charge is 2.47. The summed E-state index contributed by atoms with van der Waals surface area (Å²) in [5.41, 5.74) is -0.385. The molecule has 35 heavy (non-hydrogen) atoms. The quantitative estimate of drug-likeness (QED) is 0.527. The number of alkyl halides is 3. The van der Waals surface area contributed by atoms with Crippen LogP contribution < -0.4 is 0 Å². The van der Waals surface area contributed by atoms with Gasteiger partial charge in [-0.15, -0.1) is 0 Å². The lowest BCUT2D eigenvalue weighted by molar-refractivity contribution is -0.137. The average Bonchev–Trinajstić information content (AvgIpc) is 3.17. The zero-order valence-electron chi connectivity index (χ0n) is 20.1. The van der Waals surface area contributed by atoms with Gasteiger partial charge in [0.05, 0.1) is 26.6 Å². The first-order chi connectivity index (χ1) is 15.9. The lowest BCUT2D eigenvalue weighted by Crippen LogP contribution is -2.42. The lowest BCUT2D eigenvalue weighted by atomic mass is 9.94. The molecule has 1 aromatic heterocycles. The zero-order valence-corrected chi connectivity index (χ0v) is 21.7. The van der Waals surface area contributed by atoms with Crippen molar-refractivity contribution in [3.8, 4) is 0 Å². The van der Waals surface area contributed by atoms with Crippen LogP contribution in [0.25, 0.3) is 0 Å². The molecule has 3 rings (SSSR count). The summed E-state index contributed by atoms with van der Waals surface area (Å²) >= 11 is 0. The third-order valence-corrected chi connectivity index (χ3v) is 11.2. The third kappa shape index (κ3) is 5.13. The summed E-state index contributed by atoms with van der Waals surface area (Å²) in [7, 11) is -6.31. The van der Waals surface area contributed by atoms with Crippen LogP contribution in [-0.4, -0.2) is 51.3 Å². The van der Waals surface area contributed by atoms with Gasteiger partial charge < -0.3 is 9.47 Å². The van der Waals surface area contributed by atoms with Gasteiger partial charge in [0.25, 0.3) is 0 Å². The van der Waals surface area contributed by atoms with Crippen LogP contribution in [0.5, 0.6) is 0 Å². The van der Waals surface area contributed by atoms with E-state index in [0.717, 1.165) is 24.5 Å². The second-order valence-electron chi connectivity index (χ2n) is 9.45. The number of sulfone groups is 2. The van der Waals surface area contributed by atoms with Gasteiger partial charge in [-0.05, 0) is 57.9 Å². The molecule has 1 fully saturated rings. The van der Waals surface area contributed by atoms with Crippen molar-refractivity contribution >= 4 is 19.7 Å². The minimum Gasteiger partial charge on any atom is -0.372 e. The van der Waals surface area contributed by atoms with Gasteiger partial charge in [0, 0.05) is 20.0 Å². The second-order valence-corrected chi connectivity index (χ2v) is 14.5. The molecule has 2 atom stereocenters. The first-order valence-corrected chi connectivity index (χ1v) is 14.1. The molecule has 13 heteroatoms. The molecule has 8 nitrogen and oxygen atoms in total. The summed E-state index contributed by atoms with van der Waals surface area (Å²) in [4.78, 5) is -0.417. The number of benzene rings is 1. The molecule has 1 aromatic carbocycles. The number of rotatable bonds is 7. The number of nitrogens with zero attached hydrogens (tertiary/aromatic N) is 2. The Hall–Kier alpha value is -1.96. The van der Waals surface area contributed by atoms with Crippen molar-refractivity contribution in [1.82, 2.24) is 9.78 Å². The number of ether oxygens (including phenoxy) is 2. The van der Waals surface area contributed by atoms with Crippen LogP contribution in [0, 0.1) is 0 Å². The Bertz CT molecular complexity index is 1300. The lowest BCUT2D eigenvalue weighted by Gasteiger charge is -2.37. The van der Waals surface area contributed by atoms with Crippen LogP contribution in [0.2, 0.25) is 0 Å². The van der Waals surface area contributed by atoms with E-state index in [1.54, 1.807) is 6.07 Å². The highest BCUT2D eigenvalue weighted by atomic mass is 32.2. The summed E-state index contributed by atoms with van der Waals surface area (Å²) < 4.78 is 101. The van der Waals surface area contributed by atoms with Crippen molar-refractivity contribution in [2.24, 2.45) is 0 Å². The van der Waals surface area contributed by atoms with E-state index in [2.05, 4.69) is 5.10 Å². The maximum Gasteiger partial charge on any atom is 0.416 e. The van der Waals surface area contributed by atoms with Gasteiger partial charge in [0.2, 0.25) is 0 Å². The highest BCUT2D eigenvalue weighted by Crippen LogP contribution is 2.43. The van der Waals surface area contributed by atoms with E-state index in [0.29, 0.717) is 11.8 Å². The molecule has 2 aromatic rings. The Morgan fingerprint density at radius 3 is 2.43 bits per heavy atom. The molecular weight excluding hydrogens is 509 g/mol. The van der Waals surface area contributed by atoms with E-state index < -0.39 is 51.9 Å². The van der Waals surface area contributed by atoms with Gasteiger partial charge >= 0.3 is 6.18 Å². The molecule has 2 unspecified atom stereocenters. The second kappa shape index (κ2) is 9.16. The Balaban J connectivity index is 2.03. The van der Waals surface area contributed by atoms with Gasteiger partial charge in [-0.25, -0.2) is 21.5 Å². The number of hydrogen-bond acceptors (Lipinski definition) is 7. The minimum atomic E-state index is -4.68. The van der Waals surface area contributed by atoms with E-state index in [-0.39, 0.29) is 31.9 Å². The van der Waals surface area contributed by atoms with Gasteiger partial charge in [0.15, 0.2) is 19.7 Å². The molecule has 2 heterocycles. The Kier molecular flexibility index (Phi) is 7.23. The van der Waals surface area contributed by atoms with Gasteiger partial charge in [0.1, 0.15) is 17.6 Å². The maximum atomic E-state index is 13.5. The van der Waals surface area contributed by atoms with Gasteiger partial charge in [-0.3, -0.25) is 0 Å². The van der Waals surface area contributed by atoms with Crippen LogP contribution in [0.1, 0.15) is 56.7 Å². The van der Waals surface area contributed by atoms with Crippen LogP contribution >= 0.6 is 0 Å². The fraction of sp³-hybridized carbons (Fsp3) is 0.591. The smallest absolute Gasteiger partial charge is 0.372 e. The molecule has 0 spiro atoms. The molecule has 0 N–H and O–H groups in total. The van der Waals surface area contributed by atoms with Crippen LogP contribution in [0.15, 0.2) is 35.2 Å². The minimum absolute atomic E-state index is 0.0301. The fourth-order valence-electron chi connectivity index (χ4n) is 3.93. The topological polar surface area (TPSA) is 105 Å². The predicted octanol–water partition coefficient (Wildman–Crippen LogP) is 3.87. The average molecular weight is 539 g/mol. The third-order valence-electron chi connectivity index (χ3n) is 6.62. The van der Waals surface area contributed by atoms with E-state index in [1.807, 2.05) is 0 Å². The molecule has 1 aliphatic heterocycles. The summed E-state index contributed by atoms with van der Waals surface area (Å²) in [6.07, 6.45) is -4.39. The van der Waals surface area contributed by atoms with Crippen molar-refractivity contribution in [3.63, 3.8) is 0 Å². The molecule has 196 valence electrons. The monoisotopic (exact) mass is 538 g/mol. The maximum absolute atomic E-state index is 13.5. The van der Waals surface area contributed by atoms with Crippen molar-refractivity contribution in [3.05, 3.63) is 47.3 Å². The first kappa shape index (κ1) is 27.6. The molecule has 1 aliphatic rings. The van der Waals surface area contributed by atoms with Crippen molar-refractivity contribution in [2.45, 2.75) is 67.0 Å². The molecule has 0 saturated carbocycles. The summed E-state index contributed by atoms with van der Waals surface area (Å²) in [5.74, 6) is 0. The van der Waals surface area contributed by atoms with Crippen molar-refractivity contribution in [1.29, 1.82) is 0 Å². The zero-order chi connectivity index (χ0) is 26.4. The summed E-state index contributed by atoms with van der Waals surface area (Å²) in [6, 6.07) is 5.24. The van der Waals surface area contributed by atoms with Crippen LogP contribution in [-0.2, 0) is 46.8 Å². The first-order valence-electron chi connectivity index (χ1n) is 10.7. The largest absolute Gasteiger partial charge is 0.416 e. The Labute approximate surface area is 203 Å². The number of halogens is 3. The van der Waals surface area contributed by atoms with Gasteiger partial charge in [-0.2, -0.15) is 18.3 Å². The van der Waals surface area contributed by atoms with Crippen molar-refractivity contribution < 1.29 is 39.5 Å². The van der Waals surface area contributed by atoms with Gasteiger partial charge in [-0.1, -0.05) is 6.07 Å². The number of hydrogen-bond donors (Lipinski definition) is 0. The Morgan fingerprint density at radius 1 is 1.20 bits per heavy atom. The predicted molar refractivity (Wildman–Crippen MR) is 122 cm³/mol.